The standard InChI is InChI=1S/C17H24N4/c1-14(18-12-11-15-8-4-2-5-9-15)17-20-19-16-10-6-3-7-13-21(16)17/h2,4-5,8-9,14,18H,3,6-7,10-13H2,1H3. The molecule has 0 spiro atoms. The van der Waals surface area contributed by atoms with Crippen molar-refractivity contribution in [2.24, 2.45) is 0 Å². The van der Waals surface area contributed by atoms with Crippen LogP contribution in [0.4, 0.5) is 0 Å². The third-order valence-electron chi connectivity index (χ3n) is 4.23. The topological polar surface area (TPSA) is 42.7 Å². The minimum absolute atomic E-state index is 0.257. The zero-order valence-corrected chi connectivity index (χ0v) is 12.8. The molecule has 1 aromatic carbocycles. The fourth-order valence-electron chi connectivity index (χ4n) is 3.00. The molecule has 2 heterocycles. The maximum Gasteiger partial charge on any atom is 0.149 e. The molecule has 1 unspecified atom stereocenters. The van der Waals surface area contributed by atoms with Crippen molar-refractivity contribution >= 4 is 0 Å². The number of aryl methyl sites for hydroxylation is 1. The smallest absolute Gasteiger partial charge is 0.149 e. The van der Waals surface area contributed by atoms with Gasteiger partial charge in [0.25, 0.3) is 0 Å². The summed E-state index contributed by atoms with van der Waals surface area (Å²) in [7, 11) is 0. The Morgan fingerprint density at radius 2 is 2.00 bits per heavy atom. The monoisotopic (exact) mass is 284 g/mol. The van der Waals surface area contributed by atoms with E-state index in [1.165, 1.54) is 30.7 Å². The van der Waals surface area contributed by atoms with Gasteiger partial charge in [-0.05, 0) is 38.3 Å². The summed E-state index contributed by atoms with van der Waals surface area (Å²) >= 11 is 0. The van der Waals surface area contributed by atoms with Crippen LogP contribution >= 0.6 is 0 Å². The van der Waals surface area contributed by atoms with Gasteiger partial charge in [0.05, 0.1) is 6.04 Å². The molecule has 2 aromatic rings. The van der Waals surface area contributed by atoms with Crippen LogP contribution in [-0.2, 0) is 19.4 Å². The maximum atomic E-state index is 4.42. The second kappa shape index (κ2) is 6.85. The average molecular weight is 284 g/mol. The summed E-state index contributed by atoms with van der Waals surface area (Å²) in [6.07, 6.45) is 5.91. The first kappa shape index (κ1) is 14.3. The van der Waals surface area contributed by atoms with Crippen LogP contribution in [0, 0.1) is 0 Å². The van der Waals surface area contributed by atoms with Crippen LogP contribution in [0.2, 0.25) is 0 Å². The van der Waals surface area contributed by atoms with E-state index in [2.05, 4.69) is 57.3 Å². The van der Waals surface area contributed by atoms with Crippen molar-refractivity contribution in [3.63, 3.8) is 0 Å². The van der Waals surface area contributed by atoms with Crippen LogP contribution in [0.25, 0.3) is 0 Å². The summed E-state index contributed by atoms with van der Waals surface area (Å²) < 4.78 is 2.33. The van der Waals surface area contributed by atoms with Crippen molar-refractivity contribution in [3.8, 4) is 0 Å². The van der Waals surface area contributed by atoms with E-state index in [4.69, 9.17) is 0 Å². The van der Waals surface area contributed by atoms with Gasteiger partial charge >= 0.3 is 0 Å². The summed E-state index contributed by atoms with van der Waals surface area (Å²) in [6, 6.07) is 10.9. The van der Waals surface area contributed by atoms with Gasteiger partial charge in [-0.2, -0.15) is 0 Å². The molecule has 1 aliphatic heterocycles. The number of benzene rings is 1. The number of aromatic nitrogens is 3. The lowest BCUT2D eigenvalue weighted by molar-refractivity contribution is 0.505. The van der Waals surface area contributed by atoms with Gasteiger partial charge in [-0.25, -0.2) is 0 Å². The predicted octanol–water partition coefficient (Wildman–Crippen LogP) is 2.90. The highest BCUT2D eigenvalue weighted by molar-refractivity contribution is 5.15. The predicted molar refractivity (Wildman–Crippen MR) is 84.1 cm³/mol. The summed E-state index contributed by atoms with van der Waals surface area (Å²) in [5, 5.41) is 12.4. The summed E-state index contributed by atoms with van der Waals surface area (Å²) in [6.45, 7) is 4.23. The number of hydrogen-bond acceptors (Lipinski definition) is 3. The highest BCUT2D eigenvalue weighted by Gasteiger charge is 2.18. The Bertz CT molecular complexity index is 561. The minimum Gasteiger partial charge on any atom is -0.314 e. The molecule has 4 nitrogen and oxygen atoms in total. The van der Waals surface area contributed by atoms with E-state index in [9.17, 15) is 0 Å². The summed E-state index contributed by atoms with van der Waals surface area (Å²) in [5.74, 6) is 2.26. The molecule has 4 heteroatoms. The number of rotatable bonds is 5. The molecule has 112 valence electrons. The molecule has 3 rings (SSSR count). The van der Waals surface area contributed by atoms with E-state index in [-0.39, 0.29) is 6.04 Å². The van der Waals surface area contributed by atoms with Crippen molar-refractivity contribution in [3.05, 3.63) is 47.5 Å². The number of nitrogens with zero attached hydrogens (tertiary/aromatic N) is 3. The molecule has 1 aliphatic rings. The zero-order chi connectivity index (χ0) is 14.5. The Morgan fingerprint density at radius 3 is 2.86 bits per heavy atom. The van der Waals surface area contributed by atoms with Crippen LogP contribution < -0.4 is 5.32 Å². The lowest BCUT2D eigenvalue weighted by Gasteiger charge is -2.15. The highest BCUT2D eigenvalue weighted by Crippen LogP contribution is 2.18. The van der Waals surface area contributed by atoms with E-state index >= 15 is 0 Å². The molecular weight excluding hydrogens is 260 g/mol. The Labute approximate surface area is 126 Å². The first-order valence-electron chi connectivity index (χ1n) is 8.04. The van der Waals surface area contributed by atoms with Gasteiger partial charge in [0.1, 0.15) is 11.6 Å². The van der Waals surface area contributed by atoms with Crippen LogP contribution in [-0.4, -0.2) is 21.3 Å². The van der Waals surface area contributed by atoms with Crippen LogP contribution in [0.3, 0.4) is 0 Å². The molecule has 0 amide bonds. The fourth-order valence-corrected chi connectivity index (χ4v) is 3.00. The molecule has 0 saturated heterocycles. The maximum absolute atomic E-state index is 4.42. The SMILES string of the molecule is CC(NCCc1ccccc1)c1nnc2n1CCCCC2. The molecule has 0 saturated carbocycles. The van der Waals surface area contributed by atoms with Gasteiger partial charge in [0, 0.05) is 13.0 Å². The molecule has 0 bridgehead atoms. The van der Waals surface area contributed by atoms with Crippen molar-refractivity contribution in [2.75, 3.05) is 6.54 Å². The van der Waals surface area contributed by atoms with E-state index in [1.54, 1.807) is 0 Å². The molecule has 1 aromatic heterocycles. The van der Waals surface area contributed by atoms with Gasteiger partial charge in [0.2, 0.25) is 0 Å². The molecule has 1 N–H and O–H groups in total. The fraction of sp³-hybridized carbons (Fsp3) is 0.529. The van der Waals surface area contributed by atoms with Crippen LogP contribution in [0.5, 0.6) is 0 Å². The molecular formula is C17H24N4. The number of fused-ring (bicyclic) bond motifs is 1. The number of nitrogens with one attached hydrogen (secondary N) is 1. The minimum atomic E-state index is 0.257. The second-order valence-electron chi connectivity index (χ2n) is 5.85. The van der Waals surface area contributed by atoms with Crippen LogP contribution in [0.1, 0.15) is 49.4 Å². The van der Waals surface area contributed by atoms with Gasteiger partial charge < -0.3 is 9.88 Å². The normalized spacial score (nSPS) is 16.2. The van der Waals surface area contributed by atoms with E-state index in [0.717, 1.165) is 31.8 Å². The molecule has 1 atom stereocenters. The first-order valence-corrected chi connectivity index (χ1v) is 8.04. The van der Waals surface area contributed by atoms with E-state index in [0.29, 0.717) is 0 Å². The second-order valence-corrected chi connectivity index (χ2v) is 5.85. The van der Waals surface area contributed by atoms with Gasteiger partial charge in [-0.1, -0.05) is 36.8 Å². The lowest BCUT2D eigenvalue weighted by Crippen LogP contribution is -2.24. The van der Waals surface area contributed by atoms with Crippen molar-refractivity contribution in [1.82, 2.24) is 20.1 Å². The van der Waals surface area contributed by atoms with E-state index in [1.807, 2.05) is 0 Å². The first-order chi connectivity index (χ1) is 10.3. The van der Waals surface area contributed by atoms with Gasteiger partial charge in [-0.15, -0.1) is 10.2 Å². The van der Waals surface area contributed by atoms with Crippen molar-refractivity contribution in [2.45, 2.75) is 51.6 Å². The largest absolute Gasteiger partial charge is 0.314 e. The van der Waals surface area contributed by atoms with Crippen molar-refractivity contribution < 1.29 is 0 Å². The van der Waals surface area contributed by atoms with Crippen molar-refractivity contribution in [1.29, 1.82) is 0 Å². The highest BCUT2D eigenvalue weighted by atomic mass is 15.3. The molecule has 0 aliphatic carbocycles. The van der Waals surface area contributed by atoms with Crippen LogP contribution in [0.15, 0.2) is 30.3 Å². The molecule has 0 fully saturated rings. The number of hydrogen-bond donors (Lipinski definition) is 1. The Kier molecular flexibility index (Phi) is 4.65. The van der Waals surface area contributed by atoms with Gasteiger partial charge in [0.15, 0.2) is 0 Å². The Morgan fingerprint density at radius 1 is 1.14 bits per heavy atom. The summed E-state index contributed by atoms with van der Waals surface area (Å²) in [4.78, 5) is 0. The third kappa shape index (κ3) is 3.50. The Balaban J connectivity index is 1.58. The van der Waals surface area contributed by atoms with E-state index < -0.39 is 0 Å². The zero-order valence-electron chi connectivity index (χ0n) is 12.8. The van der Waals surface area contributed by atoms with Gasteiger partial charge in [-0.3, -0.25) is 0 Å². The lowest BCUT2D eigenvalue weighted by atomic mass is 10.1. The molecule has 0 radical (unpaired) electrons. The summed E-state index contributed by atoms with van der Waals surface area (Å²) in [5.41, 5.74) is 1.37. The average Bonchev–Trinajstić information content (AvgIpc) is 2.77. The quantitative estimate of drug-likeness (QED) is 0.918. The third-order valence-corrected chi connectivity index (χ3v) is 4.23. The molecule has 21 heavy (non-hydrogen) atoms. The Hall–Kier alpha value is -1.68.